The summed E-state index contributed by atoms with van der Waals surface area (Å²) < 4.78 is 24.6. The fourth-order valence-corrected chi connectivity index (χ4v) is 2.52. The average molecular weight is 346 g/mol. The van der Waals surface area contributed by atoms with E-state index in [4.69, 9.17) is 9.15 Å². The van der Waals surface area contributed by atoms with E-state index in [9.17, 15) is 4.39 Å². The maximum Gasteiger partial charge on any atom is 0.248 e. The summed E-state index contributed by atoms with van der Waals surface area (Å²) in [5.74, 6) is 1.33. The molecule has 0 saturated carbocycles. The van der Waals surface area contributed by atoms with Crippen molar-refractivity contribution in [3.8, 4) is 28.7 Å². The third-order valence-corrected chi connectivity index (χ3v) is 3.84. The predicted molar refractivity (Wildman–Crippen MR) is 95.9 cm³/mol. The summed E-state index contributed by atoms with van der Waals surface area (Å²) in [6, 6.07) is 23.3. The van der Waals surface area contributed by atoms with Gasteiger partial charge in [-0.2, -0.15) is 0 Å². The van der Waals surface area contributed by atoms with Crippen LogP contribution in [0.2, 0.25) is 0 Å². The first-order valence-corrected chi connectivity index (χ1v) is 8.14. The minimum absolute atomic E-state index is 0.271. The van der Waals surface area contributed by atoms with Gasteiger partial charge in [-0.05, 0) is 54.1 Å². The number of hydrogen-bond donors (Lipinski definition) is 0. The number of ether oxygens (including phenoxy) is 1. The molecule has 0 radical (unpaired) electrons. The Bertz CT molecular complexity index is 998. The van der Waals surface area contributed by atoms with Gasteiger partial charge in [0.25, 0.3) is 0 Å². The normalized spacial score (nSPS) is 10.7. The number of benzene rings is 3. The van der Waals surface area contributed by atoms with E-state index in [0.29, 0.717) is 24.1 Å². The molecule has 128 valence electrons. The Hall–Kier alpha value is -3.47. The van der Waals surface area contributed by atoms with Crippen molar-refractivity contribution in [1.29, 1.82) is 0 Å². The Balaban J connectivity index is 1.45. The molecular weight excluding hydrogens is 331 g/mol. The quantitative estimate of drug-likeness (QED) is 0.503. The fourth-order valence-electron chi connectivity index (χ4n) is 2.52. The molecule has 0 aliphatic carbocycles. The second kappa shape index (κ2) is 7.19. The van der Waals surface area contributed by atoms with Crippen molar-refractivity contribution in [2.24, 2.45) is 0 Å². The first-order chi connectivity index (χ1) is 12.8. The first kappa shape index (κ1) is 16.0. The van der Waals surface area contributed by atoms with Crippen LogP contribution in [-0.2, 0) is 6.61 Å². The van der Waals surface area contributed by atoms with Crippen LogP contribution in [0.1, 0.15) is 5.56 Å². The molecule has 3 aromatic carbocycles. The summed E-state index contributed by atoms with van der Waals surface area (Å²) in [7, 11) is 0. The summed E-state index contributed by atoms with van der Waals surface area (Å²) >= 11 is 0. The monoisotopic (exact) mass is 346 g/mol. The highest BCUT2D eigenvalue weighted by Crippen LogP contribution is 2.25. The van der Waals surface area contributed by atoms with Crippen molar-refractivity contribution in [3.05, 3.63) is 90.2 Å². The Kier molecular flexibility index (Phi) is 4.43. The Morgan fingerprint density at radius 1 is 0.769 bits per heavy atom. The Labute approximate surface area is 149 Å². The first-order valence-electron chi connectivity index (χ1n) is 8.14. The Morgan fingerprint density at radius 2 is 1.46 bits per heavy atom. The number of nitrogens with zero attached hydrogens (tertiary/aromatic N) is 2. The van der Waals surface area contributed by atoms with Crippen LogP contribution < -0.4 is 4.74 Å². The van der Waals surface area contributed by atoms with Crippen molar-refractivity contribution >= 4 is 0 Å². The lowest BCUT2D eigenvalue weighted by molar-refractivity contribution is 0.305. The number of aromatic nitrogens is 2. The molecule has 4 nitrogen and oxygen atoms in total. The molecule has 0 spiro atoms. The van der Waals surface area contributed by atoms with E-state index in [1.54, 1.807) is 6.07 Å². The van der Waals surface area contributed by atoms with Crippen LogP contribution in [0.25, 0.3) is 22.9 Å². The second-order valence-electron chi connectivity index (χ2n) is 5.72. The lowest BCUT2D eigenvalue weighted by Gasteiger charge is -2.06. The van der Waals surface area contributed by atoms with Crippen LogP contribution in [-0.4, -0.2) is 10.2 Å². The second-order valence-corrected chi connectivity index (χ2v) is 5.72. The summed E-state index contributed by atoms with van der Waals surface area (Å²) in [6.45, 7) is 0.301. The number of halogens is 1. The summed E-state index contributed by atoms with van der Waals surface area (Å²) in [6.07, 6.45) is 0. The molecule has 0 bridgehead atoms. The molecule has 1 heterocycles. The van der Waals surface area contributed by atoms with Gasteiger partial charge in [0.15, 0.2) is 0 Å². The maximum atomic E-state index is 13.2. The molecule has 4 aromatic rings. The van der Waals surface area contributed by atoms with E-state index < -0.39 is 0 Å². The van der Waals surface area contributed by atoms with Gasteiger partial charge >= 0.3 is 0 Å². The molecule has 4 rings (SSSR count). The van der Waals surface area contributed by atoms with Gasteiger partial charge in [-0.3, -0.25) is 0 Å². The molecule has 1 aromatic heterocycles. The summed E-state index contributed by atoms with van der Waals surface area (Å²) in [5.41, 5.74) is 2.46. The van der Waals surface area contributed by atoms with Crippen molar-refractivity contribution in [1.82, 2.24) is 10.2 Å². The summed E-state index contributed by atoms with van der Waals surface area (Å²) in [5, 5.41) is 8.18. The van der Waals surface area contributed by atoms with Gasteiger partial charge in [0.05, 0.1) is 0 Å². The topological polar surface area (TPSA) is 48.2 Å². The van der Waals surface area contributed by atoms with E-state index in [0.717, 1.165) is 16.7 Å². The van der Waals surface area contributed by atoms with Crippen LogP contribution in [0.5, 0.6) is 5.75 Å². The molecule has 5 heteroatoms. The molecule has 0 amide bonds. The molecule has 0 unspecified atom stereocenters. The van der Waals surface area contributed by atoms with E-state index >= 15 is 0 Å². The van der Waals surface area contributed by atoms with Gasteiger partial charge in [0.2, 0.25) is 11.8 Å². The van der Waals surface area contributed by atoms with Gasteiger partial charge in [0.1, 0.15) is 18.2 Å². The van der Waals surface area contributed by atoms with Crippen molar-refractivity contribution in [3.63, 3.8) is 0 Å². The highest BCUT2D eigenvalue weighted by Gasteiger charge is 2.10. The molecular formula is C21H15FN2O2. The van der Waals surface area contributed by atoms with Gasteiger partial charge in [0, 0.05) is 11.1 Å². The number of hydrogen-bond acceptors (Lipinski definition) is 4. The third kappa shape index (κ3) is 3.62. The van der Waals surface area contributed by atoms with E-state index in [-0.39, 0.29) is 5.82 Å². The predicted octanol–water partition coefficient (Wildman–Crippen LogP) is 5.12. The SMILES string of the molecule is Fc1cccc(COc2ccc(-c3nnc(-c4ccccc4)o3)cc2)c1. The molecule has 0 aliphatic rings. The van der Waals surface area contributed by atoms with E-state index in [1.807, 2.05) is 60.7 Å². The van der Waals surface area contributed by atoms with Crippen LogP contribution in [0, 0.1) is 5.82 Å². The fraction of sp³-hybridized carbons (Fsp3) is 0.0476. The van der Waals surface area contributed by atoms with Crippen LogP contribution in [0.4, 0.5) is 4.39 Å². The van der Waals surface area contributed by atoms with Gasteiger partial charge in [-0.25, -0.2) is 4.39 Å². The zero-order valence-electron chi connectivity index (χ0n) is 13.8. The highest BCUT2D eigenvalue weighted by molar-refractivity contribution is 5.58. The minimum atomic E-state index is -0.271. The van der Waals surface area contributed by atoms with Gasteiger partial charge in [-0.1, -0.05) is 30.3 Å². The molecule has 0 saturated heterocycles. The molecule has 0 atom stereocenters. The van der Waals surface area contributed by atoms with Crippen LogP contribution in [0.15, 0.2) is 83.3 Å². The van der Waals surface area contributed by atoms with Crippen molar-refractivity contribution in [2.45, 2.75) is 6.61 Å². The average Bonchev–Trinajstić information content (AvgIpc) is 3.18. The lowest BCUT2D eigenvalue weighted by atomic mass is 10.2. The van der Waals surface area contributed by atoms with E-state index in [1.165, 1.54) is 12.1 Å². The zero-order valence-corrected chi connectivity index (χ0v) is 13.8. The molecule has 26 heavy (non-hydrogen) atoms. The third-order valence-electron chi connectivity index (χ3n) is 3.84. The van der Waals surface area contributed by atoms with Gasteiger partial charge in [-0.15, -0.1) is 10.2 Å². The molecule has 0 fully saturated rings. The number of rotatable bonds is 5. The van der Waals surface area contributed by atoms with Crippen molar-refractivity contribution in [2.75, 3.05) is 0 Å². The maximum absolute atomic E-state index is 13.2. The van der Waals surface area contributed by atoms with Gasteiger partial charge < -0.3 is 9.15 Å². The van der Waals surface area contributed by atoms with E-state index in [2.05, 4.69) is 10.2 Å². The van der Waals surface area contributed by atoms with Crippen LogP contribution in [0.3, 0.4) is 0 Å². The standard InChI is InChI=1S/C21H15FN2O2/c22-18-8-4-5-15(13-18)14-25-19-11-9-17(10-12-19)21-24-23-20(26-21)16-6-2-1-3-7-16/h1-13H,14H2. The molecule has 0 aliphatic heterocycles. The Morgan fingerprint density at radius 3 is 2.15 bits per heavy atom. The summed E-state index contributed by atoms with van der Waals surface area (Å²) in [4.78, 5) is 0. The largest absolute Gasteiger partial charge is 0.489 e. The minimum Gasteiger partial charge on any atom is -0.489 e. The smallest absolute Gasteiger partial charge is 0.248 e. The zero-order chi connectivity index (χ0) is 17.8. The highest BCUT2D eigenvalue weighted by atomic mass is 19.1. The molecule has 0 N–H and O–H groups in total. The van der Waals surface area contributed by atoms with Crippen LogP contribution >= 0.6 is 0 Å². The lowest BCUT2D eigenvalue weighted by Crippen LogP contribution is -1.95. The van der Waals surface area contributed by atoms with Crippen molar-refractivity contribution < 1.29 is 13.5 Å².